The molecule has 9 rings (SSSR count). The molecule has 2 bridgehead atoms. The topological polar surface area (TPSA) is 105 Å². The molecule has 274 valence electrons. The highest BCUT2D eigenvalue weighted by atomic mass is 16.5. The zero-order chi connectivity index (χ0) is 36.9. The molecule has 1 saturated heterocycles. The van der Waals surface area contributed by atoms with Crippen molar-refractivity contribution < 1.29 is 29.3 Å². The monoisotopic (exact) mass is 711 g/mol. The summed E-state index contributed by atoms with van der Waals surface area (Å²) in [7, 11) is 1.93. The van der Waals surface area contributed by atoms with Crippen LogP contribution in [0.2, 0.25) is 0 Å². The molecular weight excluding hydrogens is 663 g/mol. The van der Waals surface area contributed by atoms with Crippen molar-refractivity contribution in [2.24, 2.45) is 35.0 Å². The first-order valence-corrected chi connectivity index (χ1v) is 19.3. The molecule has 3 aromatic rings. The maximum Gasteiger partial charge on any atom is 0.340 e. The first-order valence-electron chi connectivity index (χ1n) is 19.3. The maximum atomic E-state index is 14.7. The van der Waals surface area contributed by atoms with Gasteiger partial charge in [-0.2, -0.15) is 0 Å². The summed E-state index contributed by atoms with van der Waals surface area (Å²) in [5.41, 5.74) is 7.58. The quantitative estimate of drug-likeness (QED) is 0.172. The summed E-state index contributed by atoms with van der Waals surface area (Å²) in [6.07, 6.45) is 9.50. The standard InChI is InChI=1S/C46H49NO6/c1-4-28(21-29-9-6-5-7-10-29)23-39-46-20-19-34(35-16-17-36-38(18-13-27(2)26-48)52-44(50)41(36)42(35)46)40(43(46)45(51)53-39)37-24-32(49)14-15-33(37)31-12-8-11-30(22-31)25-47-3/h5-12,14-15,18,22-24,27-28,34-35,42,47-49H,4,13,16-17,19-21,25-26H2,1-3H3. The van der Waals surface area contributed by atoms with E-state index in [0.717, 1.165) is 65.6 Å². The van der Waals surface area contributed by atoms with Crippen LogP contribution < -0.4 is 5.32 Å². The van der Waals surface area contributed by atoms with Gasteiger partial charge in [-0.1, -0.05) is 68.4 Å². The highest BCUT2D eigenvalue weighted by Gasteiger charge is 2.68. The summed E-state index contributed by atoms with van der Waals surface area (Å²) in [4.78, 5) is 28.8. The molecule has 2 aliphatic heterocycles. The van der Waals surface area contributed by atoms with E-state index in [1.54, 1.807) is 6.07 Å². The molecule has 7 heteroatoms. The number of ether oxygens (including phenoxy) is 2. The number of esters is 2. The van der Waals surface area contributed by atoms with Gasteiger partial charge in [-0.15, -0.1) is 0 Å². The average molecular weight is 712 g/mol. The lowest BCUT2D eigenvalue weighted by Gasteiger charge is -2.56. The van der Waals surface area contributed by atoms with Gasteiger partial charge in [-0.05, 0) is 139 Å². The van der Waals surface area contributed by atoms with Crippen LogP contribution in [0.1, 0.15) is 69.1 Å². The molecule has 6 aliphatic rings. The third kappa shape index (κ3) is 5.98. The Morgan fingerprint density at radius 3 is 2.53 bits per heavy atom. The molecule has 3 aromatic carbocycles. The van der Waals surface area contributed by atoms with Gasteiger partial charge in [0.1, 0.15) is 17.3 Å². The van der Waals surface area contributed by atoms with Crippen LogP contribution in [0.15, 0.2) is 113 Å². The molecule has 3 N–H and O–H groups in total. The number of cyclic esters (lactones) is 2. The van der Waals surface area contributed by atoms with Gasteiger partial charge < -0.3 is 25.0 Å². The number of phenols is 1. The first-order chi connectivity index (χ1) is 25.8. The second-order valence-corrected chi connectivity index (χ2v) is 15.7. The van der Waals surface area contributed by atoms with E-state index in [9.17, 15) is 19.8 Å². The Balaban J connectivity index is 1.35. The number of benzene rings is 3. The van der Waals surface area contributed by atoms with E-state index in [4.69, 9.17) is 9.47 Å². The van der Waals surface area contributed by atoms with Crippen LogP contribution in [-0.4, -0.2) is 35.8 Å². The van der Waals surface area contributed by atoms with Crippen LogP contribution in [0.4, 0.5) is 0 Å². The second kappa shape index (κ2) is 14.3. The molecule has 0 aromatic heterocycles. The minimum Gasteiger partial charge on any atom is -0.508 e. The van der Waals surface area contributed by atoms with Crippen molar-refractivity contribution in [2.45, 2.75) is 65.3 Å². The Bertz CT molecular complexity index is 2070. The lowest BCUT2D eigenvalue weighted by molar-refractivity contribution is -0.135. The second-order valence-electron chi connectivity index (χ2n) is 15.7. The highest BCUT2D eigenvalue weighted by Crippen LogP contribution is 2.72. The Labute approximate surface area is 312 Å². The van der Waals surface area contributed by atoms with Crippen LogP contribution in [-0.2, 0) is 32.0 Å². The van der Waals surface area contributed by atoms with E-state index in [0.29, 0.717) is 41.9 Å². The van der Waals surface area contributed by atoms with Crippen LogP contribution in [0.3, 0.4) is 0 Å². The van der Waals surface area contributed by atoms with Crippen LogP contribution >= 0.6 is 0 Å². The molecule has 4 aliphatic carbocycles. The van der Waals surface area contributed by atoms with Crippen LogP contribution in [0, 0.1) is 35.0 Å². The van der Waals surface area contributed by atoms with Crippen molar-refractivity contribution in [1.29, 1.82) is 0 Å². The normalized spacial score (nSPS) is 27.1. The predicted molar refractivity (Wildman–Crippen MR) is 205 cm³/mol. The zero-order valence-corrected chi connectivity index (χ0v) is 30.9. The van der Waals surface area contributed by atoms with Crippen molar-refractivity contribution in [3.63, 3.8) is 0 Å². The molecule has 6 atom stereocenters. The van der Waals surface area contributed by atoms with Crippen molar-refractivity contribution in [2.75, 3.05) is 13.7 Å². The average Bonchev–Trinajstić information content (AvgIpc) is 3.66. The number of rotatable bonds is 11. The van der Waals surface area contributed by atoms with Crippen molar-refractivity contribution in [1.82, 2.24) is 5.32 Å². The number of carbonyl (C=O) groups excluding carboxylic acids is 2. The number of fused-ring (bicyclic) bond motifs is 1. The van der Waals surface area contributed by atoms with E-state index in [-0.39, 0.29) is 53.9 Å². The molecule has 0 amide bonds. The third-order valence-corrected chi connectivity index (χ3v) is 12.5. The highest BCUT2D eigenvalue weighted by molar-refractivity contribution is 6.07. The third-order valence-electron chi connectivity index (χ3n) is 12.5. The van der Waals surface area contributed by atoms with E-state index in [2.05, 4.69) is 66.8 Å². The fraction of sp³-hybridized carbons (Fsp3) is 0.391. The number of nitrogens with one attached hydrogen (secondary N) is 1. The summed E-state index contributed by atoms with van der Waals surface area (Å²) in [5.74, 6) is 0.684. The predicted octanol–water partition coefficient (Wildman–Crippen LogP) is 8.43. The van der Waals surface area contributed by atoms with Gasteiger partial charge in [0.05, 0.1) is 11.0 Å². The molecule has 1 saturated carbocycles. The Morgan fingerprint density at radius 1 is 0.943 bits per heavy atom. The fourth-order valence-electron chi connectivity index (χ4n) is 10.1. The summed E-state index contributed by atoms with van der Waals surface area (Å²) in [5, 5.41) is 24.0. The largest absolute Gasteiger partial charge is 0.508 e. The van der Waals surface area contributed by atoms with Gasteiger partial charge in [-0.25, -0.2) is 9.59 Å². The van der Waals surface area contributed by atoms with E-state index in [1.165, 1.54) is 5.56 Å². The SMILES string of the molecule is CCC(C=C1OC(=O)C2=C(c3cc(O)ccc3-c3cccc(CNC)c3)C3CCC12C1C2=C(CCC31)C(=CCC(C)CO)OC2=O)Cc1ccccc1. The van der Waals surface area contributed by atoms with E-state index >= 15 is 0 Å². The number of carbonyl (C=O) groups is 2. The lowest BCUT2D eigenvalue weighted by Crippen LogP contribution is -2.52. The molecule has 6 unspecified atom stereocenters. The minimum absolute atomic E-state index is 0.0135. The smallest absolute Gasteiger partial charge is 0.340 e. The molecular formula is C46H49NO6. The number of hydrogen-bond acceptors (Lipinski definition) is 7. The van der Waals surface area contributed by atoms with Gasteiger partial charge in [0, 0.05) is 30.2 Å². The van der Waals surface area contributed by atoms with Crippen molar-refractivity contribution in [3.05, 3.63) is 130 Å². The van der Waals surface area contributed by atoms with E-state index < -0.39 is 5.41 Å². The van der Waals surface area contributed by atoms with Gasteiger partial charge in [0.25, 0.3) is 0 Å². The number of aliphatic hydroxyl groups excluding tert-OH is 1. The van der Waals surface area contributed by atoms with Crippen LogP contribution in [0.25, 0.3) is 16.7 Å². The lowest BCUT2D eigenvalue weighted by atomic mass is 9.44. The minimum atomic E-state index is -0.847. The molecule has 2 fully saturated rings. The van der Waals surface area contributed by atoms with Crippen LogP contribution in [0.5, 0.6) is 5.75 Å². The summed E-state index contributed by atoms with van der Waals surface area (Å²) < 4.78 is 12.6. The molecule has 7 nitrogen and oxygen atoms in total. The molecule has 1 spiro atoms. The molecule has 0 radical (unpaired) electrons. The summed E-state index contributed by atoms with van der Waals surface area (Å²) in [6.45, 7) is 4.92. The Kier molecular flexibility index (Phi) is 9.50. The van der Waals surface area contributed by atoms with E-state index in [1.807, 2.05) is 38.2 Å². The fourth-order valence-corrected chi connectivity index (χ4v) is 10.1. The number of aliphatic hydroxyl groups is 1. The number of phenolic OH excluding ortho intramolecular Hbond substituents is 1. The van der Waals surface area contributed by atoms with Crippen molar-refractivity contribution in [3.8, 4) is 16.9 Å². The Hall–Kier alpha value is -4.72. The summed E-state index contributed by atoms with van der Waals surface area (Å²) in [6, 6.07) is 24.3. The zero-order valence-electron chi connectivity index (χ0n) is 30.9. The van der Waals surface area contributed by atoms with Gasteiger partial charge in [0.15, 0.2) is 0 Å². The maximum absolute atomic E-state index is 14.7. The molecule has 2 heterocycles. The van der Waals surface area contributed by atoms with Gasteiger partial charge >= 0.3 is 11.9 Å². The number of aromatic hydroxyl groups is 1. The van der Waals surface area contributed by atoms with Gasteiger partial charge in [-0.3, -0.25) is 0 Å². The Morgan fingerprint density at radius 2 is 1.75 bits per heavy atom. The first kappa shape index (κ1) is 35.3. The number of allylic oxidation sites excluding steroid dienone is 5. The molecule has 53 heavy (non-hydrogen) atoms. The number of hydrogen-bond donors (Lipinski definition) is 3. The van der Waals surface area contributed by atoms with Crippen molar-refractivity contribution >= 4 is 17.5 Å². The summed E-state index contributed by atoms with van der Waals surface area (Å²) >= 11 is 0. The van der Waals surface area contributed by atoms with Gasteiger partial charge in [0.2, 0.25) is 0 Å².